The second-order valence-corrected chi connectivity index (χ2v) is 5.38. The van der Waals surface area contributed by atoms with Gasteiger partial charge in [-0.25, -0.2) is 0 Å². The first kappa shape index (κ1) is 12.8. The van der Waals surface area contributed by atoms with Gasteiger partial charge in [0.15, 0.2) is 5.78 Å². The monoisotopic (exact) mass is 264 g/mol. The molecule has 0 saturated heterocycles. The van der Waals surface area contributed by atoms with E-state index in [1.807, 2.05) is 54.6 Å². The van der Waals surface area contributed by atoms with E-state index in [1.54, 1.807) is 13.8 Å². The van der Waals surface area contributed by atoms with Crippen LogP contribution in [-0.2, 0) is 5.60 Å². The van der Waals surface area contributed by atoms with Gasteiger partial charge in [0, 0.05) is 5.56 Å². The van der Waals surface area contributed by atoms with Crippen LogP contribution in [-0.4, -0.2) is 10.9 Å². The van der Waals surface area contributed by atoms with Crippen molar-refractivity contribution in [2.24, 2.45) is 0 Å². The lowest BCUT2D eigenvalue weighted by molar-refractivity contribution is 0.101. The van der Waals surface area contributed by atoms with Gasteiger partial charge in [0.05, 0.1) is 0 Å². The van der Waals surface area contributed by atoms with Crippen molar-refractivity contribution in [3.63, 3.8) is 0 Å². The third-order valence-corrected chi connectivity index (χ3v) is 3.79. The normalized spacial score (nSPS) is 20.4. The van der Waals surface area contributed by atoms with Crippen molar-refractivity contribution in [2.75, 3.05) is 0 Å². The van der Waals surface area contributed by atoms with E-state index in [-0.39, 0.29) is 5.78 Å². The van der Waals surface area contributed by atoms with Crippen molar-refractivity contribution in [3.05, 3.63) is 76.9 Å². The summed E-state index contributed by atoms with van der Waals surface area (Å²) >= 11 is 0. The maximum Gasteiger partial charge on any atom is 0.159 e. The molecule has 20 heavy (non-hydrogen) atoms. The maximum absolute atomic E-state index is 11.3. The van der Waals surface area contributed by atoms with E-state index in [0.29, 0.717) is 5.56 Å². The number of fused-ring (bicyclic) bond motifs is 1. The summed E-state index contributed by atoms with van der Waals surface area (Å²) in [7, 11) is 0. The van der Waals surface area contributed by atoms with Gasteiger partial charge >= 0.3 is 0 Å². The fraction of sp³-hybridized carbons (Fsp3) is 0.167. The van der Waals surface area contributed by atoms with Gasteiger partial charge in [-0.2, -0.15) is 0 Å². The minimum absolute atomic E-state index is 0.0596. The molecule has 0 spiro atoms. The molecule has 1 N–H and O–H groups in total. The average molecular weight is 264 g/mol. The van der Waals surface area contributed by atoms with Crippen molar-refractivity contribution in [1.82, 2.24) is 0 Å². The fourth-order valence-electron chi connectivity index (χ4n) is 2.72. The molecule has 2 aromatic carbocycles. The van der Waals surface area contributed by atoms with Gasteiger partial charge in [-0.3, -0.25) is 4.79 Å². The molecule has 1 aliphatic rings. The number of hydrogen-bond acceptors (Lipinski definition) is 2. The zero-order chi connectivity index (χ0) is 14.3. The van der Waals surface area contributed by atoms with Crippen LogP contribution in [0.3, 0.4) is 0 Å². The molecule has 100 valence electrons. The summed E-state index contributed by atoms with van der Waals surface area (Å²) in [6, 6.07) is 15.4. The first-order valence-corrected chi connectivity index (χ1v) is 6.65. The second kappa shape index (κ2) is 4.43. The largest absolute Gasteiger partial charge is 0.381 e. The second-order valence-electron chi connectivity index (χ2n) is 5.38. The Labute approximate surface area is 118 Å². The van der Waals surface area contributed by atoms with E-state index in [9.17, 15) is 9.90 Å². The first-order valence-electron chi connectivity index (χ1n) is 6.65. The molecule has 1 atom stereocenters. The van der Waals surface area contributed by atoms with Crippen LogP contribution in [0.2, 0.25) is 0 Å². The van der Waals surface area contributed by atoms with E-state index >= 15 is 0 Å². The Hall–Kier alpha value is -2.19. The highest BCUT2D eigenvalue weighted by Crippen LogP contribution is 2.41. The molecule has 2 nitrogen and oxygen atoms in total. The molecule has 2 aromatic rings. The topological polar surface area (TPSA) is 37.3 Å². The van der Waals surface area contributed by atoms with Crippen LogP contribution in [0.4, 0.5) is 0 Å². The predicted molar refractivity (Wildman–Crippen MR) is 79.5 cm³/mol. The summed E-state index contributed by atoms with van der Waals surface area (Å²) in [6.45, 7) is 3.35. The van der Waals surface area contributed by atoms with Gasteiger partial charge in [0.25, 0.3) is 0 Å². The third kappa shape index (κ3) is 1.98. The van der Waals surface area contributed by atoms with E-state index in [4.69, 9.17) is 0 Å². The molecule has 3 rings (SSSR count). The van der Waals surface area contributed by atoms with Crippen LogP contribution >= 0.6 is 0 Å². The molecule has 0 bridgehead atoms. The zero-order valence-corrected chi connectivity index (χ0v) is 11.6. The SMILES string of the molecule is CC(=O)c1ccc(C2=CC(C)(O)c3ccccc32)cc1. The number of rotatable bonds is 2. The van der Waals surface area contributed by atoms with E-state index in [2.05, 4.69) is 0 Å². The highest BCUT2D eigenvalue weighted by atomic mass is 16.3. The molecule has 0 amide bonds. The zero-order valence-electron chi connectivity index (χ0n) is 11.6. The predicted octanol–water partition coefficient (Wildman–Crippen LogP) is 3.54. The van der Waals surface area contributed by atoms with Crippen LogP contribution in [0, 0.1) is 0 Å². The summed E-state index contributed by atoms with van der Waals surface area (Å²) in [6.07, 6.45) is 1.88. The Balaban J connectivity index is 2.09. The summed E-state index contributed by atoms with van der Waals surface area (Å²) in [5.41, 5.74) is 3.76. The number of aliphatic hydroxyl groups is 1. The van der Waals surface area contributed by atoms with Gasteiger partial charge < -0.3 is 5.11 Å². The number of carbonyl (C=O) groups is 1. The quantitative estimate of drug-likeness (QED) is 0.842. The van der Waals surface area contributed by atoms with E-state index in [0.717, 1.165) is 22.3 Å². The number of hydrogen-bond donors (Lipinski definition) is 1. The lowest BCUT2D eigenvalue weighted by atomic mass is 9.96. The van der Waals surface area contributed by atoms with Crippen LogP contribution in [0.15, 0.2) is 54.6 Å². The minimum Gasteiger partial charge on any atom is -0.381 e. The smallest absolute Gasteiger partial charge is 0.159 e. The van der Waals surface area contributed by atoms with Crippen molar-refractivity contribution in [1.29, 1.82) is 0 Å². The van der Waals surface area contributed by atoms with E-state index < -0.39 is 5.60 Å². The number of carbonyl (C=O) groups excluding carboxylic acids is 1. The van der Waals surface area contributed by atoms with Crippen molar-refractivity contribution < 1.29 is 9.90 Å². The molecule has 0 heterocycles. The summed E-state index contributed by atoms with van der Waals surface area (Å²) in [4.78, 5) is 11.3. The lowest BCUT2D eigenvalue weighted by Crippen LogP contribution is -2.14. The summed E-state index contributed by atoms with van der Waals surface area (Å²) in [5.74, 6) is 0.0596. The van der Waals surface area contributed by atoms with Crippen LogP contribution in [0.25, 0.3) is 5.57 Å². The van der Waals surface area contributed by atoms with Crippen LogP contribution in [0.5, 0.6) is 0 Å². The van der Waals surface area contributed by atoms with E-state index in [1.165, 1.54) is 0 Å². The van der Waals surface area contributed by atoms with Crippen molar-refractivity contribution >= 4 is 11.4 Å². The average Bonchev–Trinajstić information content (AvgIpc) is 2.72. The lowest BCUT2D eigenvalue weighted by Gasteiger charge is -2.15. The number of benzene rings is 2. The molecular weight excluding hydrogens is 248 g/mol. The Morgan fingerprint density at radius 3 is 2.35 bits per heavy atom. The van der Waals surface area contributed by atoms with Gasteiger partial charge in [-0.1, -0.05) is 48.5 Å². The number of Topliss-reactive ketones (excluding diaryl/α,β-unsaturated/α-hetero) is 1. The first-order chi connectivity index (χ1) is 9.49. The Kier molecular flexibility index (Phi) is 2.84. The van der Waals surface area contributed by atoms with Crippen molar-refractivity contribution in [3.8, 4) is 0 Å². The highest BCUT2D eigenvalue weighted by Gasteiger charge is 2.31. The Morgan fingerprint density at radius 2 is 1.70 bits per heavy atom. The molecule has 0 fully saturated rings. The Bertz CT molecular complexity index is 706. The summed E-state index contributed by atoms with van der Waals surface area (Å²) in [5, 5.41) is 10.5. The van der Waals surface area contributed by atoms with Crippen LogP contribution < -0.4 is 0 Å². The van der Waals surface area contributed by atoms with Gasteiger partial charge in [0.1, 0.15) is 5.60 Å². The van der Waals surface area contributed by atoms with Gasteiger partial charge in [-0.15, -0.1) is 0 Å². The molecule has 1 aliphatic carbocycles. The van der Waals surface area contributed by atoms with Crippen molar-refractivity contribution in [2.45, 2.75) is 19.4 Å². The summed E-state index contributed by atoms with van der Waals surface area (Å²) < 4.78 is 0. The molecular formula is C18H16O2. The van der Waals surface area contributed by atoms with Gasteiger partial charge in [0.2, 0.25) is 0 Å². The van der Waals surface area contributed by atoms with Crippen LogP contribution in [0.1, 0.15) is 40.9 Å². The molecule has 0 radical (unpaired) electrons. The highest BCUT2D eigenvalue weighted by molar-refractivity contribution is 5.95. The molecule has 0 aromatic heterocycles. The third-order valence-electron chi connectivity index (χ3n) is 3.79. The molecule has 1 unspecified atom stereocenters. The standard InChI is InChI=1S/C18H16O2/c1-12(19)13-7-9-14(10-8-13)16-11-18(2,20)17-6-4-3-5-15(16)17/h3-11,20H,1-2H3. The fourth-order valence-corrected chi connectivity index (χ4v) is 2.72. The number of ketones is 1. The minimum atomic E-state index is -0.939. The molecule has 2 heteroatoms. The Morgan fingerprint density at radius 1 is 1.05 bits per heavy atom. The maximum atomic E-state index is 11.3. The molecule has 0 aliphatic heterocycles. The molecule has 0 saturated carbocycles. The van der Waals surface area contributed by atoms with Gasteiger partial charge in [-0.05, 0) is 42.2 Å².